The van der Waals surface area contributed by atoms with Crippen LogP contribution in [0.25, 0.3) is 0 Å². The molecule has 0 saturated carbocycles. The van der Waals surface area contributed by atoms with Gasteiger partial charge in [0.25, 0.3) is 0 Å². The van der Waals surface area contributed by atoms with E-state index in [-0.39, 0.29) is 25.8 Å². The Morgan fingerprint density at radius 1 is 0.615 bits per heavy atom. The van der Waals surface area contributed by atoms with Gasteiger partial charge in [-0.1, -0.05) is 145 Å². The van der Waals surface area contributed by atoms with Crippen molar-refractivity contribution in [2.45, 2.75) is 155 Å². The standard InChI is InChI=1S/C43H78NO7P/c1-6-8-10-12-14-16-17-18-19-20-21-22-23-24-25-26-27-28-29-31-33-35-38-48-40-42(41-50-52(46,47)49-39-37-44(3,4)5)51-43(45)36-34-32-30-15-13-11-9-7-2/h8,10,14,16,18-19,21-22,24-25,42H,6-7,9,11-13,15,17,20,23,26-41H2,1-5H3/p+1/b10-8-,16-14-,19-18-,22-21-,25-24-. The lowest BCUT2D eigenvalue weighted by atomic mass is 10.1. The van der Waals surface area contributed by atoms with Gasteiger partial charge < -0.3 is 18.9 Å². The molecule has 1 N–H and O–H groups in total. The molecule has 0 aliphatic carbocycles. The molecule has 0 bridgehead atoms. The van der Waals surface area contributed by atoms with Crippen LogP contribution in [0, 0.1) is 0 Å². The summed E-state index contributed by atoms with van der Waals surface area (Å²) in [5.74, 6) is -0.327. The van der Waals surface area contributed by atoms with Gasteiger partial charge in [0, 0.05) is 13.0 Å². The van der Waals surface area contributed by atoms with Gasteiger partial charge in [-0.3, -0.25) is 13.8 Å². The number of ether oxygens (including phenoxy) is 2. The molecule has 2 unspecified atom stereocenters. The fourth-order valence-corrected chi connectivity index (χ4v) is 5.91. The summed E-state index contributed by atoms with van der Waals surface area (Å²) in [5.41, 5.74) is 0. The number of likely N-dealkylation sites (N-methyl/N-ethyl adjacent to an activating group) is 1. The molecule has 0 amide bonds. The predicted octanol–water partition coefficient (Wildman–Crippen LogP) is 11.8. The largest absolute Gasteiger partial charge is 0.472 e. The smallest absolute Gasteiger partial charge is 0.457 e. The van der Waals surface area contributed by atoms with E-state index in [0.717, 1.165) is 77.0 Å². The highest BCUT2D eigenvalue weighted by Crippen LogP contribution is 2.43. The summed E-state index contributed by atoms with van der Waals surface area (Å²) in [4.78, 5) is 22.7. The highest BCUT2D eigenvalue weighted by molar-refractivity contribution is 7.47. The summed E-state index contributed by atoms with van der Waals surface area (Å²) >= 11 is 0. The number of phosphoric ester groups is 1. The van der Waals surface area contributed by atoms with E-state index in [0.29, 0.717) is 24.1 Å². The predicted molar refractivity (Wildman–Crippen MR) is 219 cm³/mol. The molecule has 0 aromatic carbocycles. The van der Waals surface area contributed by atoms with E-state index < -0.39 is 13.9 Å². The summed E-state index contributed by atoms with van der Waals surface area (Å²) in [6, 6.07) is 0. The fraction of sp³-hybridized carbons (Fsp3) is 0.744. The maximum absolute atomic E-state index is 12.6. The summed E-state index contributed by atoms with van der Waals surface area (Å²) in [7, 11) is 1.65. The number of hydrogen-bond donors (Lipinski definition) is 1. The van der Waals surface area contributed by atoms with Crippen molar-refractivity contribution >= 4 is 13.8 Å². The second-order valence-electron chi connectivity index (χ2n) is 14.6. The normalized spacial score (nSPS) is 14.5. The number of esters is 1. The lowest BCUT2D eigenvalue weighted by Gasteiger charge is -2.24. The highest BCUT2D eigenvalue weighted by Gasteiger charge is 2.26. The van der Waals surface area contributed by atoms with Crippen molar-refractivity contribution in [1.29, 1.82) is 0 Å². The van der Waals surface area contributed by atoms with Gasteiger partial charge in [-0.2, -0.15) is 0 Å². The molecule has 302 valence electrons. The number of nitrogens with zero attached hydrogens (tertiary/aromatic N) is 1. The molecule has 0 radical (unpaired) electrons. The molecule has 0 aromatic rings. The van der Waals surface area contributed by atoms with E-state index in [9.17, 15) is 14.3 Å². The van der Waals surface area contributed by atoms with Crippen molar-refractivity contribution in [2.75, 3.05) is 54.1 Å². The first kappa shape index (κ1) is 50.2. The van der Waals surface area contributed by atoms with Crippen molar-refractivity contribution in [1.82, 2.24) is 0 Å². The Bertz CT molecular complexity index is 1020. The Morgan fingerprint density at radius 3 is 1.67 bits per heavy atom. The zero-order chi connectivity index (χ0) is 38.4. The number of rotatable bonds is 37. The van der Waals surface area contributed by atoms with Crippen LogP contribution in [0.4, 0.5) is 0 Å². The maximum atomic E-state index is 12.6. The average Bonchev–Trinajstić information content (AvgIpc) is 3.09. The van der Waals surface area contributed by atoms with Crippen LogP contribution in [0.15, 0.2) is 60.8 Å². The molecule has 9 heteroatoms. The molecule has 0 rings (SSSR count). The number of quaternary nitrogens is 1. The van der Waals surface area contributed by atoms with Crippen LogP contribution in [0.2, 0.25) is 0 Å². The van der Waals surface area contributed by atoms with Crippen LogP contribution in [-0.2, 0) is 27.9 Å². The summed E-state index contributed by atoms with van der Waals surface area (Å²) in [6.45, 7) is 5.42. The Morgan fingerprint density at radius 2 is 1.12 bits per heavy atom. The van der Waals surface area contributed by atoms with Gasteiger partial charge in [-0.25, -0.2) is 4.57 Å². The molecule has 0 spiro atoms. The van der Waals surface area contributed by atoms with E-state index >= 15 is 0 Å². The van der Waals surface area contributed by atoms with Gasteiger partial charge in [-0.15, -0.1) is 0 Å². The third kappa shape index (κ3) is 39.4. The lowest BCUT2D eigenvalue weighted by molar-refractivity contribution is -0.870. The second-order valence-corrected chi connectivity index (χ2v) is 16.1. The molecule has 52 heavy (non-hydrogen) atoms. The molecule has 0 heterocycles. The quantitative estimate of drug-likeness (QED) is 0.0222. The first-order chi connectivity index (χ1) is 25.1. The van der Waals surface area contributed by atoms with E-state index in [4.69, 9.17) is 18.5 Å². The van der Waals surface area contributed by atoms with Crippen molar-refractivity contribution in [2.24, 2.45) is 0 Å². The SMILES string of the molecule is CC/C=C\C/C=C\C/C=C\C/C=C\C/C=C\CCCCCCCCOCC(COP(=O)(O)OCC[N+](C)(C)C)OC(=O)CCCCCCCCCC. The van der Waals surface area contributed by atoms with Gasteiger partial charge in [0.1, 0.15) is 19.3 Å². The Kier molecular flexibility index (Phi) is 34.9. The highest BCUT2D eigenvalue weighted by atomic mass is 31.2. The number of carbonyl (C=O) groups is 1. The number of carbonyl (C=O) groups excluding carboxylic acids is 1. The average molecular weight is 753 g/mol. The van der Waals surface area contributed by atoms with Crippen LogP contribution in [0.5, 0.6) is 0 Å². The third-order valence-electron chi connectivity index (χ3n) is 8.34. The van der Waals surface area contributed by atoms with E-state index in [1.54, 1.807) is 0 Å². The van der Waals surface area contributed by atoms with Crippen LogP contribution in [0.1, 0.15) is 149 Å². The second kappa shape index (κ2) is 36.2. The Labute approximate surface area is 320 Å². The van der Waals surface area contributed by atoms with Gasteiger partial charge in [0.05, 0.1) is 34.4 Å². The molecule has 0 saturated heterocycles. The number of unbranched alkanes of at least 4 members (excludes halogenated alkanes) is 13. The lowest BCUT2D eigenvalue weighted by Crippen LogP contribution is -2.37. The van der Waals surface area contributed by atoms with Gasteiger partial charge >= 0.3 is 13.8 Å². The van der Waals surface area contributed by atoms with Crippen molar-refractivity contribution in [3.63, 3.8) is 0 Å². The van der Waals surface area contributed by atoms with E-state index in [1.807, 2.05) is 21.1 Å². The minimum absolute atomic E-state index is 0.0834. The summed E-state index contributed by atoms with van der Waals surface area (Å²) in [6.07, 6.45) is 44.1. The minimum atomic E-state index is -4.27. The number of phosphoric acid groups is 1. The van der Waals surface area contributed by atoms with Gasteiger partial charge in [-0.05, 0) is 57.8 Å². The Balaban J connectivity index is 4.18. The summed E-state index contributed by atoms with van der Waals surface area (Å²) < 4.78 is 34.8. The molecule has 0 aliphatic rings. The number of hydrogen-bond acceptors (Lipinski definition) is 6. The van der Waals surface area contributed by atoms with E-state index in [2.05, 4.69) is 74.6 Å². The Hall–Kier alpha value is -1.80. The maximum Gasteiger partial charge on any atom is 0.472 e. The molecule has 0 aliphatic heterocycles. The molecule has 0 aromatic heterocycles. The van der Waals surface area contributed by atoms with Crippen LogP contribution >= 0.6 is 7.82 Å². The topological polar surface area (TPSA) is 91.3 Å². The fourth-order valence-electron chi connectivity index (χ4n) is 5.17. The van der Waals surface area contributed by atoms with Crippen LogP contribution < -0.4 is 0 Å². The van der Waals surface area contributed by atoms with Gasteiger partial charge in [0.15, 0.2) is 0 Å². The minimum Gasteiger partial charge on any atom is -0.457 e. The molecular weight excluding hydrogens is 673 g/mol. The zero-order valence-corrected chi connectivity index (χ0v) is 34.9. The molecule has 2 atom stereocenters. The van der Waals surface area contributed by atoms with Crippen molar-refractivity contribution < 1.29 is 37.3 Å². The molecule has 0 fully saturated rings. The van der Waals surface area contributed by atoms with Crippen molar-refractivity contribution in [3.8, 4) is 0 Å². The molecular formula is C43H79NO7P+. The number of allylic oxidation sites excluding steroid dienone is 10. The van der Waals surface area contributed by atoms with Crippen LogP contribution in [0.3, 0.4) is 0 Å². The monoisotopic (exact) mass is 753 g/mol. The van der Waals surface area contributed by atoms with Gasteiger partial charge in [0.2, 0.25) is 0 Å². The molecule has 8 nitrogen and oxygen atoms in total. The first-order valence-corrected chi connectivity index (χ1v) is 22.0. The summed E-state index contributed by atoms with van der Waals surface area (Å²) in [5, 5.41) is 0. The third-order valence-corrected chi connectivity index (χ3v) is 9.33. The van der Waals surface area contributed by atoms with Crippen molar-refractivity contribution in [3.05, 3.63) is 60.8 Å². The first-order valence-electron chi connectivity index (χ1n) is 20.5. The zero-order valence-electron chi connectivity index (χ0n) is 34.0. The van der Waals surface area contributed by atoms with E-state index in [1.165, 1.54) is 51.4 Å². The van der Waals surface area contributed by atoms with Crippen LogP contribution in [-0.4, -0.2) is 75.6 Å².